The third-order valence-electron chi connectivity index (χ3n) is 2.84. The van der Waals surface area contributed by atoms with Crippen LogP contribution in [-0.2, 0) is 4.74 Å². The van der Waals surface area contributed by atoms with Gasteiger partial charge in [-0.25, -0.2) is 0 Å². The van der Waals surface area contributed by atoms with Gasteiger partial charge in [-0.05, 0) is 37.6 Å². The minimum Gasteiger partial charge on any atom is -0.455 e. The zero-order valence-electron chi connectivity index (χ0n) is 11.8. The van der Waals surface area contributed by atoms with Crippen LogP contribution in [0.2, 0.25) is 0 Å². The quantitative estimate of drug-likeness (QED) is 0.725. The van der Waals surface area contributed by atoms with Gasteiger partial charge in [0.05, 0.1) is 5.69 Å². The molecule has 0 fully saturated rings. The zero-order valence-corrected chi connectivity index (χ0v) is 11.8. The minimum atomic E-state index is 0.772. The van der Waals surface area contributed by atoms with E-state index in [1.54, 1.807) is 0 Å². The zero-order chi connectivity index (χ0) is 14.0. The molecule has 0 spiro atoms. The molecule has 0 atom stereocenters. The molecule has 0 aliphatic rings. The van der Waals surface area contributed by atoms with Gasteiger partial charge in [-0.2, -0.15) is 0 Å². The molecule has 0 unspecified atom stereocenters. The lowest BCUT2D eigenvalue weighted by atomic mass is 10.2. The molecule has 2 aromatic carbocycles. The molecule has 3 nitrogen and oxygen atoms in total. The number of anilines is 1. The fourth-order valence-corrected chi connectivity index (χ4v) is 1.86. The van der Waals surface area contributed by atoms with Gasteiger partial charge in [0.2, 0.25) is 0 Å². The first kappa shape index (κ1) is 14.4. The van der Waals surface area contributed by atoms with Crippen molar-refractivity contribution in [2.45, 2.75) is 13.3 Å². The summed E-state index contributed by atoms with van der Waals surface area (Å²) in [5.74, 6) is 1.69. The first-order valence-electron chi connectivity index (χ1n) is 7.03. The van der Waals surface area contributed by atoms with Crippen LogP contribution >= 0.6 is 0 Å². The maximum Gasteiger partial charge on any atom is 0.150 e. The highest BCUT2D eigenvalue weighted by Gasteiger charge is 2.03. The molecule has 106 valence electrons. The van der Waals surface area contributed by atoms with E-state index in [-0.39, 0.29) is 0 Å². The lowest BCUT2D eigenvalue weighted by molar-refractivity contribution is 0.147. The Morgan fingerprint density at radius 3 is 2.50 bits per heavy atom. The molecule has 0 amide bonds. The highest BCUT2D eigenvalue weighted by atomic mass is 16.5. The fraction of sp³-hybridized carbons (Fsp3) is 0.294. The third-order valence-corrected chi connectivity index (χ3v) is 2.84. The molecule has 0 saturated heterocycles. The summed E-state index contributed by atoms with van der Waals surface area (Å²) in [4.78, 5) is 0. The molecular weight excluding hydrogens is 250 g/mol. The van der Waals surface area contributed by atoms with Crippen molar-refractivity contribution in [1.29, 1.82) is 0 Å². The van der Waals surface area contributed by atoms with E-state index in [0.29, 0.717) is 0 Å². The number of benzene rings is 2. The van der Waals surface area contributed by atoms with Crippen molar-refractivity contribution in [1.82, 2.24) is 0 Å². The number of para-hydroxylation sites is 3. The predicted molar refractivity (Wildman–Crippen MR) is 82.6 cm³/mol. The number of rotatable bonds is 8. The Balaban J connectivity index is 1.92. The van der Waals surface area contributed by atoms with Gasteiger partial charge >= 0.3 is 0 Å². The van der Waals surface area contributed by atoms with Gasteiger partial charge in [-0.1, -0.05) is 30.3 Å². The Hall–Kier alpha value is -2.00. The van der Waals surface area contributed by atoms with Crippen LogP contribution in [0.25, 0.3) is 0 Å². The van der Waals surface area contributed by atoms with Crippen molar-refractivity contribution >= 4 is 5.69 Å². The summed E-state index contributed by atoms with van der Waals surface area (Å²) in [6, 6.07) is 17.8. The van der Waals surface area contributed by atoms with E-state index in [4.69, 9.17) is 9.47 Å². The van der Waals surface area contributed by atoms with Crippen molar-refractivity contribution in [2.75, 3.05) is 25.1 Å². The topological polar surface area (TPSA) is 30.5 Å². The van der Waals surface area contributed by atoms with Gasteiger partial charge in [0.25, 0.3) is 0 Å². The summed E-state index contributed by atoms with van der Waals surface area (Å²) in [7, 11) is 0. The van der Waals surface area contributed by atoms with Crippen LogP contribution in [0.5, 0.6) is 11.5 Å². The Kier molecular flexibility index (Phi) is 5.93. The first-order chi connectivity index (χ1) is 9.90. The van der Waals surface area contributed by atoms with E-state index < -0.39 is 0 Å². The standard InChI is InChI=1S/C17H21NO2/c1-2-19-14-8-13-18-16-11-6-7-12-17(16)20-15-9-4-3-5-10-15/h3-7,9-12,18H,2,8,13-14H2,1H3. The largest absolute Gasteiger partial charge is 0.455 e. The molecule has 0 heterocycles. The van der Waals surface area contributed by atoms with Crippen LogP contribution in [0.15, 0.2) is 54.6 Å². The van der Waals surface area contributed by atoms with Gasteiger partial charge in [0, 0.05) is 19.8 Å². The monoisotopic (exact) mass is 271 g/mol. The summed E-state index contributed by atoms with van der Waals surface area (Å²) in [6.07, 6.45) is 0.980. The number of ether oxygens (including phenoxy) is 2. The van der Waals surface area contributed by atoms with Crippen molar-refractivity contribution in [3.8, 4) is 11.5 Å². The molecule has 2 aromatic rings. The first-order valence-corrected chi connectivity index (χ1v) is 7.03. The van der Waals surface area contributed by atoms with Crippen molar-refractivity contribution in [3.63, 3.8) is 0 Å². The molecular formula is C17H21NO2. The van der Waals surface area contributed by atoms with E-state index in [2.05, 4.69) is 5.32 Å². The van der Waals surface area contributed by atoms with Crippen LogP contribution in [0, 0.1) is 0 Å². The summed E-state index contributed by atoms with van der Waals surface area (Å²) < 4.78 is 11.2. The molecule has 0 bridgehead atoms. The van der Waals surface area contributed by atoms with Gasteiger partial charge in [-0.15, -0.1) is 0 Å². The molecule has 2 rings (SSSR count). The summed E-state index contributed by atoms with van der Waals surface area (Å²) >= 11 is 0. The van der Waals surface area contributed by atoms with Crippen molar-refractivity contribution < 1.29 is 9.47 Å². The fourth-order valence-electron chi connectivity index (χ4n) is 1.86. The number of hydrogen-bond donors (Lipinski definition) is 1. The normalized spacial score (nSPS) is 10.2. The predicted octanol–water partition coefficient (Wildman–Crippen LogP) is 4.32. The Morgan fingerprint density at radius 2 is 1.70 bits per heavy atom. The van der Waals surface area contributed by atoms with E-state index >= 15 is 0 Å². The second kappa shape index (κ2) is 8.23. The molecule has 0 saturated carbocycles. The molecule has 0 aliphatic carbocycles. The van der Waals surface area contributed by atoms with E-state index in [0.717, 1.165) is 43.4 Å². The molecule has 0 aliphatic heterocycles. The number of hydrogen-bond acceptors (Lipinski definition) is 3. The Bertz CT molecular complexity index is 499. The van der Waals surface area contributed by atoms with Gasteiger partial charge < -0.3 is 14.8 Å². The SMILES string of the molecule is CCOCCCNc1ccccc1Oc1ccccc1. The third kappa shape index (κ3) is 4.59. The molecule has 1 N–H and O–H groups in total. The van der Waals surface area contributed by atoms with Gasteiger partial charge in [0.15, 0.2) is 5.75 Å². The van der Waals surface area contributed by atoms with Crippen LogP contribution < -0.4 is 10.1 Å². The van der Waals surface area contributed by atoms with Gasteiger partial charge in [-0.3, -0.25) is 0 Å². The molecule has 3 heteroatoms. The van der Waals surface area contributed by atoms with Gasteiger partial charge in [0.1, 0.15) is 5.75 Å². The molecule has 20 heavy (non-hydrogen) atoms. The average molecular weight is 271 g/mol. The van der Waals surface area contributed by atoms with Crippen LogP contribution in [0.3, 0.4) is 0 Å². The van der Waals surface area contributed by atoms with E-state index in [1.807, 2.05) is 61.5 Å². The smallest absolute Gasteiger partial charge is 0.150 e. The summed E-state index contributed by atoms with van der Waals surface area (Å²) in [5.41, 5.74) is 1.01. The Morgan fingerprint density at radius 1 is 0.950 bits per heavy atom. The lowest BCUT2D eigenvalue weighted by Gasteiger charge is -2.12. The Labute approximate surface area is 120 Å². The molecule has 0 radical (unpaired) electrons. The highest BCUT2D eigenvalue weighted by molar-refractivity contribution is 5.57. The average Bonchev–Trinajstić information content (AvgIpc) is 2.50. The summed E-state index contributed by atoms with van der Waals surface area (Å²) in [6.45, 7) is 4.44. The van der Waals surface area contributed by atoms with Crippen molar-refractivity contribution in [3.05, 3.63) is 54.6 Å². The van der Waals surface area contributed by atoms with Crippen LogP contribution in [0.1, 0.15) is 13.3 Å². The van der Waals surface area contributed by atoms with Crippen LogP contribution in [0.4, 0.5) is 5.69 Å². The minimum absolute atomic E-state index is 0.772. The second-order valence-electron chi connectivity index (χ2n) is 4.39. The van der Waals surface area contributed by atoms with E-state index in [9.17, 15) is 0 Å². The lowest BCUT2D eigenvalue weighted by Crippen LogP contribution is -2.06. The molecule has 0 aromatic heterocycles. The maximum absolute atomic E-state index is 5.89. The maximum atomic E-state index is 5.89. The van der Waals surface area contributed by atoms with E-state index in [1.165, 1.54) is 0 Å². The van der Waals surface area contributed by atoms with Crippen molar-refractivity contribution in [2.24, 2.45) is 0 Å². The van der Waals surface area contributed by atoms with Crippen LogP contribution in [-0.4, -0.2) is 19.8 Å². The number of nitrogens with one attached hydrogen (secondary N) is 1. The highest BCUT2D eigenvalue weighted by Crippen LogP contribution is 2.28. The summed E-state index contributed by atoms with van der Waals surface area (Å²) in [5, 5.41) is 3.39. The second-order valence-corrected chi connectivity index (χ2v) is 4.39.